The number of allylic oxidation sites excluding steroid dienone is 4. The van der Waals surface area contributed by atoms with Gasteiger partial charge in [-0.1, -0.05) is 0 Å². The molecule has 2 aliphatic heterocycles. The van der Waals surface area contributed by atoms with Gasteiger partial charge in [0.05, 0.1) is 0 Å². The number of rotatable bonds is 0. The van der Waals surface area contributed by atoms with Gasteiger partial charge in [0.1, 0.15) is 0 Å². The third kappa shape index (κ3) is 4.80. The van der Waals surface area contributed by atoms with Crippen LogP contribution < -0.4 is 5.73 Å². The predicted octanol–water partition coefficient (Wildman–Crippen LogP) is 7.41. The molecule has 32 heavy (non-hydrogen) atoms. The van der Waals surface area contributed by atoms with Crippen LogP contribution in [0.1, 0.15) is 16.7 Å². The molecule has 0 saturated carbocycles. The Bertz CT molecular complexity index is 1460. The van der Waals surface area contributed by atoms with E-state index in [1.54, 1.807) is 0 Å². The molecule has 0 bridgehead atoms. The Morgan fingerprint density at radius 3 is 1.94 bits per heavy atom. The molecule has 0 amide bonds. The quantitative estimate of drug-likeness (QED) is 0.118. The van der Waals surface area contributed by atoms with Crippen molar-refractivity contribution in [3.05, 3.63) is 109 Å². The summed E-state index contributed by atoms with van der Waals surface area (Å²) in [6.45, 7) is 2.12. The summed E-state index contributed by atoms with van der Waals surface area (Å²) < 4.78 is 7.57. The van der Waals surface area contributed by atoms with E-state index in [4.69, 9.17) is 5.73 Å². The van der Waals surface area contributed by atoms with Crippen LogP contribution in [0, 0.1) is 30.6 Å². The first-order valence-electron chi connectivity index (χ1n) is 10.4. The SMILES string of the molecule is Cc1ccc2cc(C#CC3=CI4(I)(C=C(C#Cc5ccc(N)cc5)C=C3)CC4)ccc2c1. The number of benzene rings is 3. The molecular formula is C29H23I2N. The standard InChI is InChI=1S/C29H23I2N/c1-22-2-12-28-19-24(9-13-27(28)18-22)4-6-26-8-7-25(20-31(30,21-26)16-17-31)5-3-23-10-14-29(32)15-11-23/h2,7-15,18-21H,16-17,32H2,1H3. The maximum absolute atomic E-state index is 5.78. The molecule has 2 N–H and O–H groups in total. The molecule has 1 spiro atoms. The molecule has 3 aromatic carbocycles. The summed E-state index contributed by atoms with van der Waals surface area (Å²) in [5.74, 6) is 13.5. The van der Waals surface area contributed by atoms with Gasteiger partial charge in [-0.15, -0.1) is 0 Å². The van der Waals surface area contributed by atoms with Gasteiger partial charge in [0.25, 0.3) is 0 Å². The van der Waals surface area contributed by atoms with Crippen LogP contribution in [-0.4, -0.2) is 8.86 Å². The number of halogens is 2. The van der Waals surface area contributed by atoms with Gasteiger partial charge in [0.15, 0.2) is 0 Å². The Morgan fingerprint density at radius 2 is 1.28 bits per heavy atom. The number of nitrogens with two attached hydrogens (primary N) is 1. The zero-order valence-electron chi connectivity index (χ0n) is 17.8. The van der Waals surface area contributed by atoms with E-state index in [9.17, 15) is 0 Å². The van der Waals surface area contributed by atoms with Crippen molar-refractivity contribution in [1.82, 2.24) is 0 Å². The zero-order chi connectivity index (χ0) is 22.2. The number of fused-ring (bicyclic) bond motifs is 1. The fraction of sp³-hybridized carbons (Fsp3) is 0.103. The summed E-state index contributed by atoms with van der Waals surface area (Å²) in [7, 11) is 0. The molecule has 0 radical (unpaired) electrons. The van der Waals surface area contributed by atoms with Gasteiger partial charge in [-0.3, -0.25) is 0 Å². The summed E-state index contributed by atoms with van der Waals surface area (Å²) >= 11 is 0.105. The van der Waals surface area contributed by atoms with Crippen molar-refractivity contribution < 1.29 is 0 Å². The molecule has 1 nitrogen and oxygen atoms in total. The molecule has 1 saturated heterocycles. The van der Waals surface area contributed by atoms with Crippen LogP contribution in [-0.2, 0) is 0 Å². The van der Waals surface area contributed by atoms with E-state index in [1.165, 1.54) is 25.2 Å². The first-order valence-corrected chi connectivity index (χ1v) is 22.3. The van der Waals surface area contributed by atoms with Crippen molar-refractivity contribution >= 4 is 48.1 Å². The number of aryl methyl sites for hydroxylation is 1. The molecular weight excluding hydrogens is 616 g/mol. The van der Waals surface area contributed by atoms with Crippen LogP contribution >= 0.6 is 31.7 Å². The number of alkyl halides is 2. The predicted molar refractivity (Wildman–Crippen MR) is 156 cm³/mol. The number of hydrogen-bond acceptors (Lipinski definition) is 1. The van der Waals surface area contributed by atoms with Crippen LogP contribution in [0.15, 0.2) is 92.1 Å². The molecule has 2 aliphatic rings. The number of anilines is 1. The van der Waals surface area contributed by atoms with E-state index < -0.39 is 13.1 Å². The van der Waals surface area contributed by atoms with Gasteiger partial charge < -0.3 is 0 Å². The Kier molecular flexibility index (Phi) is 5.43. The summed E-state index contributed by atoms with van der Waals surface area (Å²) in [6.07, 6.45) is 4.27. The minimum absolute atomic E-state index is 0.760. The van der Waals surface area contributed by atoms with Gasteiger partial charge in [0.2, 0.25) is 0 Å². The van der Waals surface area contributed by atoms with Crippen molar-refractivity contribution in [3.8, 4) is 23.7 Å². The van der Waals surface area contributed by atoms with Crippen molar-refractivity contribution in [2.24, 2.45) is 0 Å². The number of hydrogen-bond donors (Lipinski definition) is 1. The van der Waals surface area contributed by atoms with Crippen LogP contribution in [0.25, 0.3) is 10.8 Å². The third-order valence-corrected chi connectivity index (χ3v) is 22.9. The summed E-state index contributed by atoms with van der Waals surface area (Å²) in [5.41, 5.74) is 12.1. The third-order valence-electron chi connectivity index (χ3n) is 5.57. The van der Waals surface area contributed by atoms with Crippen LogP contribution in [0.3, 0.4) is 0 Å². The maximum atomic E-state index is 5.78. The average molecular weight is 639 g/mol. The second-order valence-electron chi connectivity index (χ2n) is 8.33. The van der Waals surface area contributed by atoms with Gasteiger partial charge in [-0.25, -0.2) is 0 Å². The van der Waals surface area contributed by atoms with E-state index in [0.717, 1.165) is 28.0 Å². The molecule has 5 rings (SSSR count). The van der Waals surface area contributed by atoms with Crippen LogP contribution in [0.4, 0.5) is 5.69 Å². The van der Waals surface area contributed by atoms with E-state index in [2.05, 4.69) is 106 Å². The normalized spacial score (nSPS) is 18.6. The first kappa shape index (κ1) is 21.4. The van der Waals surface area contributed by atoms with Crippen molar-refractivity contribution in [2.75, 3.05) is 14.6 Å². The fourth-order valence-electron chi connectivity index (χ4n) is 3.60. The minimum atomic E-state index is -2.65. The summed E-state index contributed by atoms with van der Waals surface area (Å²) in [4.78, 5) is 0. The van der Waals surface area contributed by atoms with E-state index in [0.29, 0.717) is 0 Å². The first-order chi connectivity index (χ1) is 15.4. The Hall–Kier alpha value is -2.48. The van der Waals surface area contributed by atoms with Gasteiger partial charge >= 0.3 is 202 Å². The zero-order valence-corrected chi connectivity index (χ0v) is 22.1. The molecule has 0 aromatic heterocycles. The van der Waals surface area contributed by atoms with Crippen molar-refractivity contribution in [1.29, 1.82) is 0 Å². The van der Waals surface area contributed by atoms with E-state index in [1.807, 2.05) is 24.3 Å². The Morgan fingerprint density at radius 1 is 0.719 bits per heavy atom. The topological polar surface area (TPSA) is 26.0 Å². The Labute approximate surface area is 200 Å². The van der Waals surface area contributed by atoms with Gasteiger partial charge in [-0.2, -0.15) is 0 Å². The molecule has 158 valence electrons. The second-order valence-corrected chi connectivity index (χ2v) is 33.2. The summed E-state index contributed by atoms with van der Waals surface area (Å²) in [6, 6.07) is 20.7. The van der Waals surface area contributed by atoms with E-state index in [-0.39, 0.29) is 0 Å². The van der Waals surface area contributed by atoms with Crippen molar-refractivity contribution in [2.45, 2.75) is 6.92 Å². The molecule has 3 heteroatoms. The van der Waals surface area contributed by atoms with Crippen LogP contribution in [0.5, 0.6) is 0 Å². The molecule has 3 aromatic rings. The fourth-order valence-corrected chi connectivity index (χ4v) is 24.1. The molecule has 0 unspecified atom stereocenters. The Balaban J connectivity index is 1.43. The van der Waals surface area contributed by atoms with Crippen LogP contribution in [0.2, 0.25) is 0 Å². The molecule has 0 atom stereocenters. The van der Waals surface area contributed by atoms with Gasteiger partial charge in [0, 0.05) is 0 Å². The monoisotopic (exact) mass is 639 g/mol. The average Bonchev–Trinajstić information content (AvgIpc) is 3.49. The number of nitrogen functional groups attached to an aromatic ring is 1. The summed E-state index contributed by atoms with van der Waals surface area (Å²) in [5, 5.41) is 2.49. The van der Waals surface area contributed by atoms with Crippen molar-refractivity contribution in [3.63, 3.8) is 0 Å². The van der Waals surface area contributed by atoms with E-state index >= 15 is 0 Å². The second kappa shape index (κ2) is 8.14. The molecule has 1 fully saturated rings. The molecule has 0 aliphatic carbocycles. The van der Waals surface area contributed by atoms with Gasteiger partial charge in [-0.05, 0) is 0 Å². The molecule has 2 heterocycles.